The highest BCUT2D eigenvalue weighted by Gasteiger charge is 2.36. The number of carbonyl (C=O) groups excluding carboxylic acids is 1. The van der Waals surface area contributed by atoms with Gasteiger partial charge < -0.3 is 19.3 Å². The summed E-state index contributed by atoms with van der Waals surface area (Å²) in [7, 11) is 1.99. The van der Waals surface area contributed by atoms with E-state index in [9.17, 15) is 9.90 Å². The van der Waals surface area contributed by atoms with Crippen molar-refractivity contribution in [2.24, 2.45) is 7.05 Å². The van der Waals surface area contributed by atoms with Crippen molar-refractivity contribution in [3.8, 4) is 17.0 Å². The first-order chi connectivity index (χ1) is 13.2. The van der Waals surface area contributed by atoms with Crippen molar-refractivity contribution in [3.63, 3.8) is 0 Å². The minimum absolute atomic E-state index is 0.178. The molecular formula is C21H24N4O3. The molecule has 3 heterocycles. The van der Waals surface area contributed by atoms with Crippen LogP contribution in [0.4, 0.5) is 4.79 Å². The molecule has 4 rings (SSSR count). The van der Waals surface area contributed by atoms with Crippen LogP contribution in [0.2, 0.25) is 0 Å². The maximum absolute atomic E-state index is 12.2. The average Bonchev–Trinajstić information content (AvgIpc) is 2.89. The molecule has 28 heavy (non-hydrogen) atoms. The number of hydrogen-bond acceptors (Lipinski definition) is 5. The molecule has 2 aromatic heterocycles. The van der Waals surface area contributed by atoms with Crippen LogP contribution in [0.3, 0.4) is 0 Å². The van der Waals surface area contributed by atoms with Crippen molar-refractivity contribution in [1.82, 2.24) is 19.7 Å². The van der Waals surface area contributed by atoms with Crippen molar-refractivity contribution in [2.75, 3.05) is 13.1 Å². The van der Waals surface area contributed by atoms with Crippen LogP contribution in [0.1, 0.15) is 32.4 Å². The summed E-state index contributed by atoms with van der Waals surface area (Å²) in [5.41, 5.74) is 3.64. The molecule has 1 fully saturated rings. The topological polar surface area (TPSA) is 80.5 Å². The molecule has 0 radical (unpaired) electrons. The number of amides is 1. The molecule has 1 saturated heterocycles. The Balaban J connectivity index is 1.57. The first-order valence-corrected chi connectivity index (χ1v) is 9.32. The molecule has 146 valence electrons. The summed E-state index contributed by atoms with van der Waals surface area (Å²) in [5.74, 6) is 0.415. The maximum atomic E-state index is 12.2. The molecule has 1 amide bonds. The van der Waals surface area contributed by atoms with Crippen LogP contribution >= 0.6 is 0 Å². The van der Waals surface area contributed by atoms with Gasteiger partial charge in [-0.05, 0) is 45.0 Å². The lowest BCUT2D eigenvalue weighted by molar-refractivity contribution is 0.00768. The number of phenols is 1. The lowest BCUT2D eigenvalue weighted by atomic mass is 9.97. The highest BCUT2D eigenvalue weighted by atomic mass is 16.6. The lowest BCUT2D eigenvalue weighted by Gasteiger charge is -2.40. The van der Waals surface area contributed by atoms with E-state index in [0.717, 1.165) is 16.7 Å². The van der Waals surface area contributed by atoms with E-state index in [4.69, 9.17) is 4.74 Å². The zero-order chi connectivity index (χ0) is 20.1. The third-order valence-electron chi connectivity index (χ3n) is 4.97. The Hall–Kier alpha value is -3.09. The fourth-order valence-electron chi connectivity index (χ4n) is 3.49. The second-order valence-corrected chi connectivity index (χ2v) is 8.23. The number of para-hydroxylation sites is 1. The normalized spacial score (nSPS) is 14.9. The Labute approximate surface area is 163 Å². The third-order valence-corrected chi connectivity index (χ3v) is 4.97. The van der Waals surface area contributed by atoms with Gasteiger partial charge in [0.15, 0.2) is 0 Å². The number of aryl methyl sites for hydroxylation is 1. The van der Waals surface area contributed by atoms with Gasteiger partial charge in [-0.1, -0.05) is 12.1 Å². The van der Waals surface area contributed by atoms with Crippen molar-refractivity contribution in [1.29, 1.82) is 0 Å². The Kier molecular flexibility index (Phi) is 4.25. The quantitative estimate of drug-likeness (QED) is 0.734. The number of nitrogens with zero attached hydrogens (tertiary/aromatic N) is 4. The Bertz CT molecular complexity index is 1050. The van der Waals surface area contributed by atoms with Gasteiger partial charge in [0, 0.05) is 37.3 Å². The van der Waals surface area contributed by atoms with Crippen molar-refractivity contribution < 1.29 is 14.6 Å². The molecule has 0 saturated carbocycles. The molecule has 7 nitrogen and oxygen atoms in total. The minimum Gasteiger partial charge on any atom is -0.507 e. The Morgan fingerprint density at radius 1 is 1.18 bits per heavy atom. The molecule has 1 aliphatic rings. The summed E-state index contributed by atoms with van der Waals surface area (Å²) in [4.78, 5) is 13.9. The van der Waals surface area contributed by atoms with E-state index in [-0.39, 0.29) is 17.8 Å². The monoisotopic (exact) mass is 380 g/mol. The summed E-state index contributed by atoms with van der Waals surface area (Å²) in [6.45, 7) is 6.85. The summed E-state index contributed by atoms with van der Waals surface area (Å²) in [5, 5.41) is 18.7. The molecular weight excluding hydrogens is 356 g/mol. The van der Waals surface area contributed by atoms with E-state index < -0.39 is 5.60 Å². The van der Waals surface area contributed by atoms with Gasteiger partial charge in [0.25, 0.3) is 0 Å². The van der Waals surface area contributed by atoms with E-state index in [1.807, 2.05) is 52.1 Å². The number of phenolic OH excluding ortho intramolecular Hbond substituents is 1. The van der Waals surface area contributed by atoms with Gasteiger partial charge in [0.1, 0.15) is 16.9 Å². The summed E-state index contributed by atoms with van der Waals surface area (Å²) < 4.78 is 7.51. The van der Waals surface area contributed by atoms with Crippen LogP contribution in [-0.2, 0) is 11.8 Å². The molecule has 1 aromatic carbocycles. The molecule has 7 heteroatoms. The van der Waals surface area contributed by atoms with Crippen molar-refractivity contribution in [3.05, 3.63) is 42.1 Å². The highest BCUT2D eigenvalue weighted by Crippen LogP contribution is 2.33. The second kappa shape index (κ2) is 6.51. The second-order valence-electron chi connectivity index (χ2n) is 8.23. The zero-order valence-corrected chi connectivity index (χ0v) is 16.5. The van der Waals surface area contributed by atoms with Gasteiger partial charge in [0.2, 0.25) is 0 Å². The molecule has 1 N–H and O–H groups in total. The maximum Gasteiger partial charge on any atom is 0.410 e. The van der Waals surface area contributed by atoms with Crippen LogP contribution in [-0.4, -0.2) is 49.6 Å². The van der Waals surface area contributed by atoms with Gasteiger partial charge >= 0.3 is 6.09 Å². The molecule has 0 atom stereocenters. The number of ether oxygens (including phenoxy) is 1. The number of aromatic hydroxyl groups is 1. The van der Waals surface area contributed by atoms with Crippen LogP contribution in [0.15, 0.2) is 36.4 Å². The zero-order valence-electron chi connectivity index (χ0n) is 16.5. The van der Waals surface area contributed by atoms with E-state index in [1.165, 1.54) is 0 Å². The van der Waals surface area contributed by atoms with Crippen molar-refractivity contribution >= 4 is 17.1 Å². The summed E-state index contributed by atoms with van der Waals surface area (Å²) in [6, 6.07) is 11.0. The largest absolute Gasteiger partial charge is 0.507 e. The molecule has 0 spiro atoms. The van der Waals surface area contributed by atoms with Gasteiger partial charge in [-0.3, -0.25) is 0 Å². The van der Waals surface area contributed by atoms with Crippen molar-refractivity contribution in [2.45, 2.75) is 32.3 Å². The average molecular weight is 380 g/mol. The first kappa shape index (κ1) is 18.3. The predicted molar refractivity (Wildman–Crippen MR) is 106 cm³/mol. The third kappa shape index (κ3) is 3.28. The van der Waals surface area contributed by atoms with Crippen LogP contribution in [0, 0.1) is 0 Å². The van der Waals surface area contributed by atoms with Crippen LogP contribution in [0.25, 0.3) is 22.3 Å². The SMILES string of the molecule is Cn1c(C2CN(C(=O)OC(C)(C)C)C2)cc2nnc(-c3ccccc3O)cc21. The number of benzene rings is 1. The van der Waals surface area contributed by atoms with Gasteiger partial charge in [0.05, 0.1) is 11.2 Å². The molecule has 0 bridgehead atoms. The standard InChI is InChI=1S/C21H24N4O3/c1-21(2,3)28-20(27)25-11-13(12-25)17-10-16-18(24(17)4)9-15(22-23-16)14-7-5-6-8-19(14)26/h5-10,13,26H,11-12H2,1-4H3. The number of hydrogen-bond donors (Lipinski definition) is 1. The van der Waals surface area contributed by atoms with Gasteiger partial charge in [-0.2, -0.15) is 0 Å². The smallest absolute Gasteiger partial charge is 0.410 e. The predicted octanol–water partition coefficient (Wildman–Crippen LogP) is 3.68. The Morgan fingerprint density at radius 3 is 2.57 bits per heavy atom. The number of rotatable bonds is 2. The van der Waals surface area contributed by atoms with E-state index in [2.05, 4.69) is 14.8 Å². The minimum atomic E-state index is -0.489. The summed E-state index contributed by atoms with van der Waals surface area (Å²) in [6.07, 6.45) is -0.274. The van der Waals surface area contributed by atoms with E-state index >= 15 is 0 Å². The van der Waals surface area contributed by atoms with Gasteiger partial charge in [-0.25, -0.2) is 4.79 Å². The molecule has 1 aliphatic heterocycles. The molecule has 0 unspecified atom stereocenters. The fourth-order valence-corrected chi connectivity index (χ4v) is 3.49. The van der Waals surface area contributed by atoms with E-state index in [1.54, 1.807) is 17.0 Å². The fraction of sp³-hybridized carbons (Fsp3) is 0.381. The number of carbonyl (C=O) groups is 1. The Morgan fingerprint density at radius 2 is 1.89 bits per heavy atom. The van der Waals surface area contributed by atoms with Crippen LogP contribution in [0.5, 0.6) is 5.75 Å². The highest BCUT2D eigenvalue weighted by molar-refractivity contribution is 5.82. The van der Waals surface area contributed by atoms with E-state index in [0.29, 0.717) is 24.3 Å². The first-order valence-electron chi connectivity index (χ1n) is 9.32. The number of likely N-dealkylation sites (tertiary alicyclic amines) is 1. The lowest BCUT2D eigenvalue weighted by Crippen LogP contribution is -2.50. The number of fused-ring (bicyclic) bond motifs is 1. The van der Waals surface area contributed by atoms with Gasteiger partial charge in [-0.15, -0.1) is 10.2 Å². The number of aromatic nitrogens is 3. The molecule has 3 aromatic rings. The summed E-state index contributed by atoms with van der Waals surface area (Å²) >= 11 is 0. The van der Waals surface area contributed by atoms with Crippen LogP contribution < -0.4 is 0 Å². The molecule has 0 aliphatic carbocycles.